The molecule has 3 aromatic rings. The number of carbonyl (C=O) groups is 2. The molecule has 1 aromatic heterocycles. The molecule has 2 aliphatic heterocycles. The van der Waals surface area contributed by atoms with Gasteiger partial charge in [0.1, 0.15) is 5.75 Å². The van der Waals surface area contributed by atoms with Crippen molar-refractivity contribution >= 4 is 17.5 Å². The lowest BCUT2D eigenvalue weighted by atomic mass is 9.96. The van der Waals surface area contributed by atoms with Crippen LogP contribution >= 0.6 is 0 Å². The van der Waals surface area contributed by atoms with Crippen molar-refractivity contribution in [3.8, 4) is 16.9 Å². The monoisotopic (exact) mass is 566 g/mol. The zero-order valence-electron chi connectivity index (χ0n) is 23.2. The van der Waals surface area contributed by atoms with E-state index in [0.29, 0.717) is 18.8 Å². The fourth-order valence-electron chi connectivity index (χ4n) is 5.40. The van der Waals surface area contributed by atoms with Gasteiger partial charge in [-0.15, -0.1) is 0 Å². The van der Waals surface area contributed by atoms with Gasteiger partial charge in [0.2, 0.25) is 5.91 Å². The van der Waals surface area contributed by atoms with Gasteiger partial charge in [0.25, 0.3) is 5.91 Å². The molecule has 5 rings (SSSR count). The summed E-state index contributed by atoms with van der Waals surface area (Å²) in [4.78, 5) is 30.3. The van der Waals surface area contributed by atoms with E-state index in [1.54, 1.807) is 6.20 Å². The van der Waals surface area contributed by atoms with Crippen LogP contribution in [0.15, 0.2) is 60.9 Å². The normalized spacial score (nSPS) is 17.6. The van der Waals surface area contributed by atoms with E-state index in [-0.39, 0.29) is 30.1 Å². The van der Waals surface area contributed by atoms with Gasteiger partial charge < -0.3 is 37.6 Å². The molecule has 40 heavy (non-hydrogen) atoms. The van der Waals surface area contributed by atoms with E-state index in [1.165, 1.54) is 0 Å². The standard InChI is InChI=1S/C30H38N6O3.ClH/c1-30(2,29(38)35-15-12-31-13-16-35)39-27-7-3-6-26(17-27)36-14-4-5-24(21-36)28(37)32-18-22-8-10-23(11-9-22)25-19-33-34-20-25;/h3,6-11,17,19-20,24,31H,4-5,12-16,18,21H2,1-2H3,(H,32,37)(H,33,34);1H/t24-;/m1./s1. The van der Waals surface area contributed by atoms with Crippen molar-refractivity contribution in [1.82, 2.24) is 20.4 Å². The molecule has 3 heterocycles. The van der Waals surface area contributed by atoms with E-state index in [0.717, 1.165) is 67.9 Å². The summed E-state index contributed by atoms with van der Waals surface area (Å²) in [6.07, 6.45) is 5.47. The zero-order valence-corrected chi connectivity index (χ0v) is 24.0. The molecular weight excluding hydrogens is 528 g/mol. The number of carbonyl (C=O) groups excluding carboxylic acids is 2. The molecule has 0 aliphatic carbocycles. The van der Waals surface area contributed by atoms with Crippen molar-refractivity contribution in [3.63, 3.8) is 0 Å². The first-order chi connectivity index (χ1) is 18.9. The van der Waals surface area contributed by atoms with E-state index < -0.39 is 5.60 Å². The van der Waals surface area contributed by atoms with Gasteiger partial charge in [0.05, 0.1) is 38.3 Å². The molecule has 2 amide bonds. The summed E-state index contributed by atoms with van der Waals surface area (Å²) < 4.78 is 6.23. The summed E-state index contributed by atoms with van der Waals surface area (Å²) in [6, 6.07) is 16.1. The first kappa shape index (κ1) is 29.4. The van der Waals surface area contributed by atoms with E-state index >= 15 is 0 Å². The second kappa shape index (κ2) is 13.2. The Kier molecular flexibility index (Phi) is 9.71. The third-order valence-corrected chi connectivity index (χ3v) is 7.61. The van der Waals surface area contributed by atoms with Crippen LogP contribution in [0.1, 0.15) is 32.3 Å². The van der Waals surface area contributed by atoms with Gasteiger partial charge >= 0.3 is 0 Å². The fraction of sp³-hybridized carbons (Fsp3) is 0.433. The topological polar surface area (TPSA) is 107 Å². The smallest absolute Gasteiger partial charge is 0.266 e. The largest absolute Gasteiger partial charge is 1.00 e. The molecule has 0 spiro atoms. The summed E-state index contributed by atoms with van der Waals surface area (Å²) in [5, 5.41) is 12.2. The van der Waals surface area contributed by atoms with Gasteiger partial charge in [-0.2, -0.15) is 5.10 Å². The van der Waals surface area contributed by atoms with Crippen LogP contribution in [-0.4, -0.2) is 71.8 Å². The number of anilines is 1. The number of halogens is 1. The maximum atomic E-state index is 13.1. The van der Waals surface area contributed by atoms with Gasteiger partial charge in [-0.3, -0.25) is 14.7 Å². The van der Waals surface area contributed by atoms with Crippen molar-refractivity contribution in [3.05, 3.63) is 66.5 Å². The third kappa shape index (κ3) is 7.14. The number of piperidine rings is 1. The maximum absolute atomic E-state index is 13.1. The SMILES string of the molecule is CC(C)(Oc1cccc(N2CCC[C@@H](C(=O)NCc3ccc(-c4cn[nH]c4)cc3)C2)c1)C(=O)N1CC[NH2+]CC1.[Cl-]. The second-order valence-corrected chi connectivity index (χ2v) is 11.0. The van der Waals surface area contributed by atoms with Crippen molar-refractivity contribution in [2.24, 2.45) is 5.92 Å². The lowest BCUT2D eigenvalue weighted by molar-refractivity contribution is -0.662. The van der Waals surface area contributed by atoms with Crippen molar-refractivity contribution in [2.75, 3.05) is 44.2 Å². The van der Waals surface area contributed by atoms with Crippen LogP contribution in [0.3, 0.4) is 0 Å². The molecule has 2 aliphatic rings. The van der Waals surface area contributed by atoms with Gasteiger partial charge in [-0.05, 0) is 49.9 Å². The summed E-state index contributed by atoms with van der Waals surface area (Å²) in [5.74, 6) is 0.686. The van der Waals surface area contributed by atoms with Gasteiger partial charge in [-0.25, -0.2) is 0 Å². The minimum absolute atomic E-state index is 0. The van der Waals surface area contributed by atoms with Crippen LogP contribution in [0.4, 0.5) is 5.69 Å². The van der Waals surface area contributed by atoms with Crippen LogP contribution in [0.25, 0.3) is 11.1 Å². The Morgan fingerprint density at radius 1 is 1.10 bits per heavy atom. The summed E-state index contributed by atoms with van der Waals surface area (Å²) in [6.45, 7) is 9.08. The molecule has 2 aromatic carbocycles. The average molecular weight is 567 g/mol. The van der Waals surface area contributed by atoms with Crippen molar-refractivity contribution in [1.29, 1.82) is 0 Å². The highest BCUT2D eigenvalue weighted by molar-refractivity contribution is 5.85. The molecule has 2 fully saturated rings. The molecule has 1 atom stereocenters. The number of nitrogens with two attached hydrogens (primary N) is 1. The molecular formula is C30H39ClN6O3. The van der Waals surface area contributed by atoms with Gasteiger partial charge in [0, 0.05) is 43.1 Å². The Balaban J connectivity index is 0.00000370. The zero-order chi connectivity index (χ0) is 27.2. The summed E-state index contributed by atoms with van der Waals surface area (Å²) >= 11 is 0. The minimum atomic E-state index is -0.947. The Hall–Kier alpha value is -3.56. The highest BCUT2D eigenvalue weighted by Crippen LogP contribution is 2.29. The number of benzene rings is 2. The van der Waals surface area contributed by atoms with E-state index in [1.807, 2.05) is 73.5 Å². The molecule has 2 saturated heterocycles. The second-order valence-electron chi connectivity index (χ2n) is 11.0. The van der Waals surface area contributed by atoms with E-state index in [4.69, 9.17) is 4.74 Å². The highest BCUT2D eigenvalue weighted by atomic mass is 35.5. The molecule has 0 unspecified atom stereocenters. The lowest BCUT2D eigenvalue weighted by Crippen LogP contribution is -3.00. The van der Waals surface area contributed by atoms with Gasteiger partial charge in [-0.1, -0.05) is 30.3 Å². The number of aromatic amines is 1. The molecule has 214 valence electrons. The van der Waals surface area contributed by atoms with Crippen molar-refractivity contribution < 1.29 is 32.0 Å². The number of piperazine rings is 1. The average Bonchev–Trinajstić information content (AvgIpc) is 3.51. The predicted octanol–water partition coefficient (Wildman–Crippen LogP) is -0.823. The first-order valence-electron chi connectivity index (χ1n) is 13.9. The first-order valence-corrected chi connectivity index (χ1v) is 13.9. The van der Waals surface area contributed by atoms with Crippen LogP contribution in [-0.2, 0) is 16.1 Å². The number of hydrogen-bond donors (Lipinski definition) is 3. The number of ether oxygens (including phenoxy) is 1. The maximum Gasteiger partial charge on any atom is 0.266 e. The lowest BCUT2D eigenvalue weighted by Gasteiger charge is -2.35. The molecule has 10 heteroatoms. The number of nitrogens with zero attached hydrogens (tertiary/aromatic N) is 3. The number of hydrogen-bond acceptors (Lipinski definition) is 5. The highest BCUT2D eigenvalue weighted by Gasteiger charge is 2.35. The number of rotatable bonds is 8. The summed E-state index contributed by atoms with van der Waals surface area (Å²) in [5.41, 5.74) is 3.25. The van der Waals surface area contributed by atoms with Crippen LogP contribution in [0.5, 0.6) is 5.75 Å². The predicted molar refractivity (Wildman–Crippen MR) is 150 cm³/mol. The number of quaternary nitrogens is 1. The fourth-order valence-corrected chi connectivity index (χ4v) is 5.40. The molecule has 0 radical (unpaired) electrons. The Morgan fingerprint density at radius 3 is 2.60 bits per heavy atom. The minimum Gasteiger partial charge on any atom is -1.00 e. The van der Waals surface area contributed by atoms with Crippen LogP contribution in [0.2, 0.25) is 0 Å². The molecule has 9 nitrogen and oxygen atoms in total. The Morgan fingerprint density at radius 2 is 1.88 bits per heavy atom. The quantitative estimate of drug-likeness (QED) is 0.330. The van der Waals surface area contributed by atoms with Crippen molar-refractivity contribution in [2.45, 2.75) is 38.8 Å². The Labute approximate surface area is 242 Å². The Bertz CT molecular complexity index is 1260. The number of amides is 2. The molecule has 0 bridgehead atoms. The molecule has 4 N–H and O–H groups in total. The summed E-state index contributed by atoms with van der Waals surface area (Å²) in [7, 11) is 0. The van der Waals surface area contributed by atoms with Gasteiger partial charge in [0.15, 0.2) is 5.60 Å². The number of H-pyrrole nitrogens is 1. The number of nitrogens with one attached hydrogen (secondary N) is 2. The van der Waals surface area contributed by atoms with E-state index in [2.05, 4.69) is 25.7 Å². The number of aromatic nitrogens is 2. The third-order valence-electron chi connectivity index (χ3n) is 7.61. The van der Waals surface area contributed by atoms with E-state index in [9.17, 15) is 9.59 Å². The molecule has 0 saturated carbocycles. The van der Waals surface area contributed by atoms with Crippen LogP contribution < -0.4 is 32.7 Å². The van der Waals surface area contributed by atoms with Crippen LogP contribution in [0, 0.1) is 5.92 Å².